The van der Waals surface area contributed by atoms with Crippen LogP contribution in [-0.4, -0.2) is 47.8 Å². The molecule has 0 spiro atoms. The van der Waals surface area contributed by atoms with Crippen molar-refractivity contribution in [1.29, 1.82) is 0 Å². The third-order valence-electron chi connectivity index (χ3n) is 2.99. The summed E-state index contributed by atoms with van der Waals surface area (Å²) in [6.45, 7) is 1.30. The van der Waals surface area contributed by atoms with Crippen molar-refractivity contribution in [3.8, 4) is 17.2 Å². The number of methoxy groups -OCH3 is 2. The molecule has 2 rings (SSSR count). The molecular weight excluding hydrogens is 316 g/mol. The van der Waals surface area contributed by atoms with Gasteiger partial charge in [0.05, 0.1) is 32.3 Å². The molecule has 0 amide bonds. The van der Waals surface area contributed by atoms with Gasteiger partial charge < -0.3 is 25.1 Å². The number of rotatable bonds is 7. The third kappa shape index (κ3) is 3.94. The highest BCUT2D eigenvalue weighted by atomic mass is 16.5. The van der Waals surface area contributed by atoms with Gasteiger partial charge in [0.15, 0.2) is 18.1 Å². The maximum atomic E-state index is 10.7. The average Bonchev–Trinajstić information content (AvgIpc) is 2.87. The Kier molecular flexibility index (Phi) is 5.25. The van der Waals surface area contributed by atoms with Crippen LogP contribution in [0, 0.1) is 6.92 Å². The van der Waals surface area contributed by atoms with Crippen molar-refractivity contribution in [1.82, 2.24) is 9.66 Å². The lowest BCUT2D eigenvalue weighted by Crippen LogP contribution is -2.11. The molecule has 0 unspecified atom stereocenters. The Morgan fingerprint density at radius 3 is 2.46 bits per heavy atom. The number of aliphatic carboxylic acids is 1. The second-order valence-electron chi connectivity index (χ2n) is 4.77. The molecule has 0 aliphatic carbocycles. The second-order valence-corrected chi connectivity index (χ2v) is 4.77. The molecule has 1 heterocycles. The van der Waals surface area contributed by atoms with Crippen molar-refractivity contribution in [3.05, 3.63) is 29.6 Å². The number of imidazole rings is 1. The van der Waals surface area contributed by atoms with Gasteiger partial charge in [0, 0.05) is 5.56 Å². The van der Waals surface area contributed by atoms with Crippen LogP contribution in [0.1, 0.15) is 11.3 Å². The normalized spacial score (nSPS) is 10.8. The van der Waals surface area contributed by atoms with E-state index in [9.17, 15) is 4.79 Å². The number of anilines is 1. The van der Waals surface area contributed by atoms with E-state index in [0.717, 1.165) is 5.69 Å². The number of carboxylic acid groups (broad SMARTS) is 1. The molecule has 0 fully saturated rings. The lowest BCUT2D eigenvalue weighted by molar-refractivity contribution is -0.139. The van der Waals surface area contributed by atoms with Crippen LogP contribution in [0.25, 0.3) is 0 Å². The van der Waals surface area contributed by atoms with E-state index < -0.39 is 12.6 Å². The van der Waals surface area contributed by atoms with Crippen molar-refractivity contribution in [3.63, 3.8) is 0 Å². The molecule has 9 heteroatoms. The monoisotopic (exact) mass is 334 g/mol. The number of carbonyl (C=O) groups is 1. The van der Waals surface area contributed by atoms with Gasteiger partial charge in [-0.25, -0.2) is 14.5 Å². The summed E-state index contributed by atoms with van der Waals surface area (Å²) in [4.78, 5) is 14.7. The van der Waals surface area contributed by atoms with E-state index in [4.69, 9.17) is 25.1 Å². The Morgan fingerprint density at radius 2 is 2.00 bits per heavy atom. The van der Waals surface area contributed by atoms with E-state index in [-0.39, 0.29) is 11.7 Å². The number of nitrogen functional groups attached to an aromatic ring is 1. The van der Waals surface area contributed by atoms with Gasteiger partial charge in [0.1, 0.15) is 0 Å². The fraction of sp³-hybridized carbons (Fsp3) is 0.267. The maximum Gasteiger partial charge on any atom is 0.341 e. The average molecular weight is 334 g/mol. The summed E-state index contributed by atoms with van der Waals surface area (Å²) in [6.07, 6.45) is 3.23. The molecule has 0 aliphatic heterocycles. The van der Waals surface area contributed by atoms with Gasteiger partial charge in [-0.1, -0.05) is 0 Å². The van der Waals surface area contributed by atoms with E-state index in [1.54, 1.807) is 24.5 Å². The summed E-state index contributed by atoms with van der Waals surface area (Å²) >= 11 is 0. The summed E-state index contributed by atoms with van der Waals surface area (Å²) in [5.74, 6) is 0.0241. The van der Waals surface area contributed by atoms with Crippen LogP contribution in [0.4, 0.5) is 5.95 Å². The summed E-state index contributed by atoms with van der Waals surface area (Å²) < 4.78 is 17.1. The van der Waals surface area contributed by atoms with Crippen LogP contribution in [0.3, 0.4) is 0 Å². The van der Waals surface area contributed by atoms with Crippen LogP contribution in [0.15, 0.2) is 23.4 Å². The fourth-order valence-electron chi connectivity index (χ4n) is 1.98. The zero-order chi connectivity index (χ0) is 17.7. The molecule has 0 saturated carbocycles. The van der Waals surface area contributed by atoms with E-state index in [0.29, 0.717) is 17.1 Å². The molecule has 1 aromatic heterocycles. The molecule has 128 valence electrons. The molecule has 1 aromatic carbocycles. The SMILES string of the molecule is COc1cc(C=Nn2cc(C)nc2N)cc(OC)c1OCC(=O)O. The Balaban J connectivity index is 2.34. The quantitative estimate of drug-likeness (QED) is 0.728. The first-order valence-electron chi connectivity index (χ1n) is 6.91. The number of nitrogens with two attached hydrogens (primary N) is 1. The van der Waals surface area contributed by atoms with Crippen molar-refractivity contribution < 1.29 is 24.1 Å². The van der Waals surface area contributed by atoms with Crippen LogP contribution < -0.4 is 19.9 Å². The van der Waals surface area contributed by atoms with Crippen molar-refractivity contribution >= 4 is 18.1 Å². The van der Waals surface area contributed by atoms with Gasteiger partial charge in [-0.15, -0.1) is 0 Å². The first kappa shape index (κ1) is 17.1. The van der Waals surface area contributed by atoms with E-state index >= 15 is 0 Å². The molecule has 24 heavy (non-hydrogen) atoms. The first-order chi connectivity index (χ1) is 11.4. The Labute approximate surface area is 138 Å². The lowest BCUT2D eigenvalue weighted by atomic mass is 10.2. The van der Waals surface area contributed by atoms with Crippen molar-refractivity contribution in [2.45, 2.75) is 6.92 Å². The number of hydrogen-bond donors (Lipinski definition) is 2. The minimum Gasteiger partial charge on any atom is -0.493 e. The molecular formula is C15H18N4O5. The Morgan fingerprint density at radius 1 is 1.38 bits per heavy atom. The molecule has 2 aromatic rings. The molecule has 3 N–H and O–H groups in total. The number of hydrogen-bond acceptors (Lipinski definition) is 7. The number of aryl methyl sites for hydroxylation is 1. The summed E-state index contributed by atoms with van der Waals surface area (Å²) in [6, 6.07) is 3.28. The van der Waals surface area contributed by atoms with Gasteiger partial charge in [-0.3, -0.25) is 0 Å². The van der Waals surface area contributed by atoms with Gasteiger partial charge >= 0.3 is 5.97 Å². The molecule has 0 radical (unpaired) electrons. The van der Waals surface area contributed by atoms with Crippen molar-refractivity contribution in [2.75, 3.05) is 26.6 Å². The molecule has 0 atom stereocenters. The van der Waals surface area contributed by atoms with Crippen LogP contribution in [0.5, 0.6) is 17.2 Å². The number of ether oxygens (including phenoxy) is 3. The Bertz CT molecular complexity index is 744. The number of carboxylic acids is 1. The van der Waals surface area contributed by atoms with E-state index in [1.807, 2.05) is 6.92 Å². The van der Waals surface area contributed by atoms with Crippen LogP contribution in [-0.2, 0) is 4.79 Å². The molecule has 0 bridgehead atoms. The number of benzene rings is 1. The highest BCUT2D eigenvalue weighted by Gasteiger charge is 2.15. The first-order valence-corrected chi connectivity index (χ1v) is 6.91. The van der Waals surface area contributed by atoms with E-state index in [1.165, 1.54) is 18.9 Å². The van der Waals surface area contributed by atoms with Gasteiger partial charge in [0.25, 0.3) is 0 Å². The zero-order valence-electron chi connectivity index (χ0n) is 13.5. The molecule has 9 nitrogen and oxygen atoms in total. The van der Waals surface area contributed by atoms with Crippen LogP contribution in [0.2, 0.25) is 0 Å². The standard InChI is InChI=1S/C15H18N4O5/c1-9-7-19(15(16)18-9)17-6-10-4-11(22-2)14(12(5-10)23-3)24-8-13(20)21/h4-7H,8H2,1-3H3,(H2,16,18)(H,20,21). The fourth-order valence-corrected chi connectivity index (χ4v) is 1.98. The topological polar surface area (TPSA) is 121 Å². The zero-order valence-corrected chi connectivity index (χ0v) is 13.5. The number of aromatic nitrogens is 2. The largest absolute Gasteiger partial charge is 0.493 e. The highest BCUT2D eigenvalue weighted by molar-refractivity contribution is 5.82. The second kappa shape index (κ2) is 7.36. The minimum absolute atomic E-state index is 0.206. The summed E-state index contributed by atoms with van der Waals surface area (Å²) in [5, 5.41) is 13.0. The predicted molar refractivity (Wildman–Crippen MR) is 87.0 cm³/mol. The molecule has 0 aliphatic rings. The summed E-state index contributed by atoms with van der Waals surface area (Å²) in [5.41, 5.74) is 7.12. The minimum atomic E-state index is -1.10. The molecule has 0 saturated heterocycles. The maximum absolute atomic E-state index is 10.7. The summed E-state index contributed by atoms with van der Waals surface area (Å²) in [7, 11) is 2.89. The Hall–Kier alpha value is -3.23. The smallest absolute Gasteiger partial charge is 0.341 e. The van der Waals surface area contributed by atoms with Crippen molar-refractivity contribution in [2.24, 2.45) is 5.10 Å². The highest BCUT2D eigenvalue weighted by Crippen LogP contribution is 2.38. The van der Waals surface area contributed by atoms with Gasteiger partial charge in [-0.05, 0) is 19.1 Å². The van der Waals surface area contributed by atoms with E-state index in [2.05, 4.69) is 10.1 Å². The lowest BCUT2D eigenvalue weighted by Gasteiger charge is -2.14. The third-order valence-corrected chi connectivity index (χ3v) is 2.99. The number of nitrogens with zero attached hydrogens (tertiary/aromatic N) is 3. The predicted octanol–water partition coefficient (Wildman–Crippen LogP) is 1.14. The van der Waals surface area contributed by atoms with Crippen LogP contribution >= 0.6 is 0 Å². The van der Waals surface area contributed by atoms with Gasteiger partial charge in [0.2, 0.25) is 11.7 Å². The van der Waals surface area contributed by atoms with Gasteiger partial charge in [-0.2, -0.15) is 5.10 Å².